The van der Waals surface area contributed by atoms with Crippen molar-refractivity contribution < 1.29 is 9.59 Å². The number of hydrogen-bond donors (Lipinski definition) is 0. The zero-order valence-electron chi connectivity index (χ0n) is 15.8. The van der Waals surface area contributed by atoms with Crippen LogP contribution in [0.2, 0.25) is 0 Å². The van der Waals surface area contributed by atoms with E-state index in [4.69, 9.17) is 0 Å². The van der Waals surface area contributed by atoms with Crippen LogP contribution in [0.3, 0.4) is 0 Å². The van der Waals surface area contributed by atoms with Gasteiger partial charge in [0.15, 0.2) is 5.82 Å². The normalized spacial score (nSPS) is 22.1. The minimum absolute atomic E-state index is 0.0254. The highest BCUT2D eigenvalue weighted by Crippen LogP contribution is 2.33. The summed E-state index contributed by atoms with van der Waals surface area (Å²) in [5.41, 5.74) is 0.626. The van der Waals surface area contributed by atoms with Crippen LogP contribution in [0.5, 0.6) is 0 Å². The lowest BCUT2D eigenvalue weighted by molar-refractivity contribution is -0.134. The Bertz CT molecular complexity index is 891. The largest absolute Gasteiger partial charge is 0.338 e. The summed E-state index contributed by atoms with van der Waals surface area (Å²) < 4.78 is 2.17. The second-order valence-electron chi connectivity index (χ2n) is 7.99. The van der Waals surface area contributed by atoms with Crippen LogP contribution in [0.25, 0.3) is 0 Å². The first-order valence-electron chi connectivity index (χ1n) is 10.1. The molecule has 8 heteroatoms. The molecule has 1 saturated heterocycles. The fourth-order valence-corrected chi connectivity index (χ4v) is 4.30. The van der Waals surface area contributed by atoms with Gasteiger partial charge < -0.3 is 14.4 Å². The summed E-state index contributed by atoms with van der Waals surface area (Å²) in [6.45, 7) is 3.42. The number of fused-ring (bicyclic) bond motifs is 1. The first-order chi connectivity index (χ1) is 13.7. The molecule has 2 aromatic rings. The van der Waals surface area contributed by atoms with Crippen LogP contribution >= 0.6 is 0 Å². The molecule has 0 spiro atoms. The SMILES string of the molecule is O=C(c1cccnc1)N1CCCC(c2nnc3n2CCN(C(=O)C2CC2)C3)C1. The predicted octanol–water partition coefficient (Wildman–Crippen LogP) is 1.45. The molecule has 0 aromatic carbocycles. The van der Waals surface area contributed by atoms with E-state index < -0.39 is 0 Å². The van der Waals surface area contributed by atoms with E-state index >= 15 is 0 Å². The Kier molecular flexibility index (Phi) is 4.33. The molecular weight excluding hydrogens is 356 g/mol. The number of amides is 2. The number of nitrogens with zero attached hydrogens (tertiary/aromatic N) is 6. The summed E-state index contributed by atoms with van der Waals surface area (Å²) in [6, 6.07) is 3.60. The number of carbonyl (C=O) groups excluding carboxylic acids is 2. The van der Waals surface area contributed by atoms with E-state index in [0.717, 1.165) is 57.0 Å². The third-order valence-electron chi connectivity index (χ3n) is 6.00. The van der Waals surface area contributed by atoms with Crippen LogP contribution in [0.4, 0.5) is 0 Å². The van der Waals surface area contributed by atoms with Crippen LogP contribution in [0.1, 0.15) is 53.6 Å². The molecule has 28 heavy (non-hydrogen) atoms. The Labute approximate surface area is 163 Å². The zero-order valence-corrected chi connectivity index (χ0v) is 15.8. The average molecular weight is 380 g/mol. The Balaban J connectivity index is 1.30. The van der Waals surface area contributed by atoms with Crippen molar-refractivity contribution in [1.29, 1.82) is 0 Å². The van der Waals surface area contributed by atoms with E-state index in [1.807, 2.05) is 15.9 Å². The number of likely N-dealkylation sites (tertiary alicyclic amines) is 1. The average Bonchev–Trinajstić information content (AvgIpc) is 3.52. The number of pyridine rings is 1. The Morgan fingerprint density at radius 1 is 1.04 bits per heavy atom. The molecule has 1 atom stereocenters. The van der Waals surface area contributed by atoms with Crippen LogP contribution < -0.4 is 0 Å². The third kappa shape index (κ3) is 3.16. The van der Waals surface area contributed by atoms with Crippen molar-refractivity contribution in [2.24, 2.45) is 5.92 Å². The molecule has 1 aliphatic carbocycles. The summed E-state index contributed by atoms with van der Waals surface area (Å²) in [7, 11) is 0. The summed E-state index contributed by atoms with van der Waals surface area (Å²) >= 11 is 0. The molecule has 0 N–H and O–H groups in total. The first-order valence-corrected chi connectivity index (χ1v) is 10.1. The van der Waals surface area contributed by atoms with E-state index in [9.17, 15) is 9.59 Å². The van der Waals surface area contributed by atoms with Crippen LogP contribution in [0.15, 0.2) is 24.5 Å². The van der Waals surface area contributed by atoms with Crippen molar-refractivity contribution in [1.82, 2.24) is 29.5 Å². The molecule has 3 aliphatic rings. The highest BCUT2D eigenvalue weighted by Gasteiger charge is 2.36. The van der Waals surface area contributed by atoms with Crippen LogP contribution in [-0.4, -0.2) is 61.0 Å². The molecule has 2 fully saturated rings. The van der Waals surface area contributed by atoms with Gasteiger partial charge in [-0.15, -0.1) is 10.2 Å². The second kappa shape index (κ2) is 7.00. The lowest BCUT2D eigenvalue weighted by atomic mass is 9.96. The highest BCUT2D eigenvalue weighted by molar-refractivity contribution is 5.94. The van der Waals surface area contributed by atoms with Gasteiger partial charge in [-0.2, -0.15) is 0 Å². The highest BCUT2D eigenvalue weighted by atomic mass is 16.2. The van der Waals surface area contributed by atoms with Gasteiger partial charge in [0, 0.05) is 50.4 Å². The Morgan fingerprint density at radius 3 is 2.71 bits per heavy atom. The van der Waals surface area contributed by atoms with E-state index in [0.29, 0.717) is 18.7 Å². The molecular formula is C20H24N6O2. The van der Waals surface area contributed by atoms with Crippen molar-refractivity contribution in [3.63, 3.8) is 0 Å². The van der Waals surface area contributed by atoms with Gasteiger partial charge >= 0.3 is 0 Å². The number of aromatic nitrogens is 4. The van der Waals surface area contributed by atoms with Crippen molar-refractivity contribution in [3.8, 4) is 0 Å². The van der Waals surface area contributed by atoms with Gasteiger partial charge in [-0.25, -0.2) is 0 Å². The maximum absolute atomic E-state index is 12.8. The van der Waals surface area contributed by atoms with Crippen molar-refractivity contribution in [2.75, 3.05) is 19.6 Å². The summed E-state index contributed by atoms with van der Waals surface area (Å²) in [4.78, 5) is 33.0. The topological polar surface area (TPSA) is 84.2 Å². The molecule has 2 amide bonds. The van der Waals surface area contributed by atoms with Gasteiger partial charge in [0.2, 0.25) is 5.91 Å². The van der Waals surface area contributed by atoms with Crippen molar-refractivity contribution in [2.45, 2.75) is 44.7 Å². The van der Waals surface area contributed by atoms with Gasteiger partial charge in [-0.1, -0.05) is 0 Å². The maximum Gasteiger partial charge on any atom is 0.255 e. The second-order valence-corrected chi connectivity index (χ2v) is 7.99. The Morgan fingerprint density at radius 2 is 1.93 bits per heavy atom. The minimum atomic E-state index is 0.0254. The number of rotatable bonds is 3. The van der Waals surface area contributed by atoms with E-state index in [1.54, 1.807) is 18.5 Å². The summed E-state index contributed by atoms with van der Waals surface area (Å²) in [6.07, 6.45) is 7.29. The monoisotopic (exact) mass is 380 g/mol. The standard InChI is InChI=1S/C20H24N6O2/c27-19(14-5-6-14)25-9-10-26-17(13-25)22-23-18(26)16-4-2-8-24(12-16)20(28)15-3-1-7-21-11-15/h1,3,7,11,14,16H,2,4-6,8-10,12-13H2. The maximum atomic E-state index is 12.8. The van der Waals surface area contributed by atoms with E-state index in [1.165, 1.54) is 0 Å². The van der Waals surface area contributed by atoms with Gasteiger partial charge in [-0.05, 0) is 37.8 Å². The van der Waals surface area contributed by atoms with E-state index in [-0.39, 0.29) is 23.7 Å². The number of carbonyl (C=O) groups is 2. The molecule has 2 aliphatic heterocycles. The fourth-order valence-electron chi connectivity index (χ4n) is 4.30. The summed E-state index contributed by atoms with van der Waals surface area (Å²) in [5, 5.41) is 8.84. The zero-order chi connectivity index (χ0) is 19.1. The van der Waals surface area contributed by atoms with Crippen LogP contribution in [0, 0.1) is 5.92 Å². The Hall–Kier alpha value is -2.77. The van der Waals surface area contributed by atoms with Gasteiger partial charge in [-0.3, -0.25) is 14.6 Å². The van der Waals surface area contributed by atoms with E-state index in [2.05, 4.69) is 19.7 Å². The van der Waals surface area contributed by atoms with Gasteiger partial charge in [0.1, 0.15) is 5.82 Å². The molecule has 5 rings (SSSR count). The van der Waals surface area contributed by atoms with Gasteiger partial charge in [0.05, 0.1) is 12.1 Å². The molecule has 0 bridgehead atoms. The smallest absolute Gasteiger partial charge is 0.255 e. The van der Waals surface area contributed by atoms with Crippen molar-refractivity contribution >= 4 is 11.8 Å². The molecule has 8 nitrogen and oxygen atoms in total. The van der Waals surface area contributed by atoms with Gasteiger partial charge in [0.25, 0.3) is 5.91 Å². The molecule has 2 aromatic heterocycles. The molecule has 1 saturated carbocycles. The molecule has 1 unspecified atom stereocenters. The number of piperidine rings is 1. The lowest BCUT2D eigenvalue weighted by Crippen LogP contribution is -2.42. The molecule has 4 heterocycles. The van der Waals surface area contributed by atoms with Crippen molar-refractivity contribution in [3.05, 3.63) is 41.7 Å². The number of hydrogen-bond acceptors (Lipinski definition) is 5. The van der Waals surface area contributed by atoms with Crippen LogP contribution in [-0.2, 0) is 17.9 Å². The predicted molar refractivity (Wildman–Crippen MR) is 100 cm³/mol. The molecule has 146 valence electrons. The first kappa shape index (κ1) is 17.3. The molecule has 0 radical (unpaired) electrons. The lowest BCUT2D eigenvalue weighted by Gasteiger charge is -2.34. The fraction of sp³-hybridized carbons (Fsp3) is 0.550. The third-order valence-corrected chi connectivity index (χ3v) is 6.00. The minimum Gasteiger partial charge on any atom is -0.338 e. The quantitative estimate of drug-likeness (QED) is 0.805. The summed E-state index contributed by atoms with van der Waals surface area (Å²) in [5.74, 6) is 2.53.